The number of nitrogens with zero attached hydrogens (tertiary/aromatic N) is 1. The Labute approximate surface area is 124 Å². The number of benzene rings is 1. The normalized spacial score (nSPS) is 13.6. The summed E-state index contributed by atoms with van der Waals surface area (Å²) in [6.45, 7) is 7.58. The molecule has 0 amide bonds. The van der Waals surface area contributed by atoms with Gasteiger partial charge in [0.25, 0.3) is 0 Å². The molecule has 0 aliphatic heterocycles. The number of sulfonamides is 1. The molecule has 8 heteroatoms. The summed E-state index contributed by atoms with van der Waals surface area (Å²) in [6, 6.07) is 1.21. The first-order chi connectivity index (χ1) is 9.71. The molecular formula is C13H21F2N3O2S. The molecule has 1 rings (SSSR count). The number of rotatable bonds is 7. The zero-order chi connectivity index (χ0) is 16.2. The Kier molecular flexibility index (Phi) is 6.06. The van der Waals surface area contributed by atoms with E-state index in [1.54, 1.807) is 6.92 Å². The maximum absolute atomic E-state index is 13.7. The van der Waals surface area contributed by atoms with E-state index in [-0.39, 0.29) is 5.69 Å². The third-order valence-corrected chi connectivity index (χ3v) is 4.68. The number of halogens is 2. The van der Waals surface area contributed by atoms with Gasteiger partial charge in [0, 0.05) is 18.3 Å². The first kappa shape index (κ1) is 17.8. The van der Waals surface area contributed by atoms with Crippen LogP contribution in [0.2, 0.25) is 0 Å². The molecule has 0 saturated heterocycles. The quantitative estimate of drug-likeness (QED) is 0.747. The maximum Gasteiger partial charge on any atom is 0.243 e. The van der Waals surface area contributed by atoms with E-state index in [1.165, 1.54) is 0 Å². The molecule has 0 aliphatic carbocycles. The molecule has 0 bridgehead atoms. The van der Waals surface area contributed by atoms with Crippen LogP contribution in [0.1, 0.15) is 20.8 Å². The van der Waals surface area contributed by atoms with Crippen LogP contribution < -0.4 is 10.5 Å². The van der Waals surface area contributed by atoms with Gasteiger partial charge in [-0.25, -0.2) is 21.9 Å². The molecule has 1 aromatic carbocycles. The lowest BCUT2D eigenvalue weighted by molar-refractivity contribution is 0.282. The van der Waals surface area contributed by atoms with Crippen molar-refractivity contribution in [2.75, 3.05) is 25.4 Å². The maximum atomic E-state index is 13.7. The predicted octanol–water partition coefficient (Wildman–Crippen LogP) is 1.56. The minimum atomic E-state index is -4.17. The number of likely N-dealkylation sites (N-methyl/N-ethyl adjacent to an activating group) is 1. The second kappa shape index (κ2) is 7.15. The molecule has 120 valence electrons. The van der Waals surface area contributed by atoms with E-state index in [9.17, 15) is 17.2 Å². The highest BCUT2D eigenvalue weighted by molar-refractivity contribution is 7.89. The van der Waals surface area contributed by atoms with Gasteiger partial charge in [0.15, 0.2) is 11.6 Å². The van der Waals surface area contributed by atoms with Crippen LogP contribution in [0.4, 0.5) is 14.5 Å². The summed E-state index contributed by atoms with van der Waals surface area (Å²) in [5.74, 6) is -2.71. The van der Waals surface area contributed by atoms with Crippen LogP contribution >= 0.6 is 0 Å². The van der Waals surface area contributed by atoms with E-state index in [1.807, 2.05) is 18.7 Å². The standard InChI is InChI=1S/C13H21F2N3O2S/c1-4-18(5-2)8-9(3)17-21(19,20)12-7-10(16)6-11(14)13(12)15/h6-7,9,17H,4-5,8,16H2,1-3H3. The zero-order valence-electron chi connectivity index (χ0n) is 12.4. The smallest absolute Gasteiger partial charge is 0.243 e. The highest BCUT2D eigenvalue weighted by Crippen LogP contribution is 2.21. The lowest BCUT2D eigenvalue weighted by atomic mass is 10.3. The van der Waals surface area contributed by atoms with Gasteiger partial charge in [-0.15, -0.1) is 0 Å². The molecular weight excluding hydrogens is 300 g/mol. The van der Waals surface area contributed by atoms with Crippen LogP contribution in [0.15, 0.2) is 17.0 Å². The van der Waals surface area contributed by atoms with Gasteiger partial charge < -0.3 is 10.6 Å². The summed E-state index contributed by atoms with van der Waals surface area (Å²) >= 11 is 0. The van der Waals surface area contributed by atoms with Crippen LogP contribution in [-0.4, -0.2) is 39.0 Å². The van der Waals surface area contributed by atoms with Gasteiger partial charge in [0.1, 0.15) is 4.90 Å². The minimum Gasteiger partial charge on any atom is -0.399 e. The summed E-state index contributed by atoms with van der Waals surface area (Å²) in [4.78, 5) is 1.25. The molecule has 1 unspecified atom stereocenters. The lowest BCUT2D eigenvalue weighted by Crippen LogP contribution is -2.42. The summed E-state index contributed by atoms with van der Waals surface area (Å²) in [7, 11) is -4.17. The van der Waals surface area contributed by atoms with Crippen LogP contribution in [-0.2, 0) is 10.0 Å². The van der Waals surface area contributed by atoms with Crippen molar-refractivity contribution in [1.29, 1.82) is 0 Å². The lowest BCUT2D eigenvalue weighted by Gasteiger charge is -2.23. The van der Waals surface area contributed by atoms with Crippen LogP contribution in [0.3, 0.4) is 0 Å². The average molecular weight is 321 g/mol. The molecule has 3 N–H and O–H groups in total. The van der Waals surface area contributed by atoms with Gasteiger partial charge in [-0.05, 0) is 32.1 Å². The number of hydrogen-bond donors (Lipinski definition) is 2. The van der Waals surface area contributed by atoms with Gasteiger partial charge in [0.05, 0.1) is 0 Å². The topological polar surface area (TPSA) is 75.4 Å². The Morgan fingerprint density at radius 1 is 1.29 bits per heavy atom. The largest absolute Gasteiger partial charge is 0.399 e. The van der Waals surface area contributed by atoms with Crippen molar-refractivity contribution in [3.05, 3.63) is 23.8 Å². The van der Waals surface area contributed by atoms with E-state index >= 15 is 0 Å². The number of nitrogens with two attached hydrogens (primary N) is 1. The van der Waals surface area contributed by atoms with Crippen molar-refractivity contribution in [1.82, 2.24) is 9.62 Å². The van der Waals surface area contributed by atoms with E-state index < -0.39 is 32.6 Å². The Bertz CT molecular complexity index is 589. The third kappa shape index (κ3) is 4.62. The Balaban J connectivity index is 2.97. The van der Waals surface area contributed by atoms with Crippen molar-refractivity contribution in [2.45, 2.75) is 31.7 Å². The predicted molar refractivity (Wildman–Crippen MR) is 78.3 cm³/mol. The first-order valence-electron chi connectivity index (χ1n) is 6.70. The molecule has 0 aromatic heterocycles. The van der Waals surface area contributed by atoms with Crippen LogP contribution in [0.25, 0.3) is 0 Å². The Hall–Kier alpha value is -1.25. The van der Waals surface area contributed by atoms with Crippen LogP contribution in [0.5, 0.6) is 0 Å². The molecule has 1 aromatic rings. The minimum absolute atomic E-state index is 0.148. The van der Waals surface area contributed by atoms with Gasteiger partial charge in [-0.1, -0.05) is 13.8 Å². The molecule has 0 radical (unpaired) electrons. The first-order valence-corrected chi connectivity index (χ1v) is 8.18. The summed E-state index contributed by atoms with van der Waals surface area (Å²) in [5.41, 5.74) is 5.22. The van der Waals surface area contributed by atoms with E-state index in [4.69, 9.17) is 5.73 Å². The Morgan fingerprint density at radius 3 is 2.38 bits per heavy atom. The van der Waals surface area contributed by atoms with Gasteiger partial charge in [-0.3, -0.25) is 0 Å². The molecule has 0 heterocycles. The highest BCUT2D eigenvalue weighted by Gasteiger charge is 2.24. The van der Waals surface area contributed by atoms with Crippen LogP contribution in [0, 0.1) is 11.6 Å². The highest BCUT2D eigenvalue weighted by atomic mass is 32.2. The molecule has 0 fully saturated rings. The van der Waals surface area contributed by atoms with Gasteiger partial charge >= 0.3 is 0 Å². The summed E-state index contributed by atoms with van der Waals surface area (Å²) < 4.78 is 53.5. The fourth-order valence-corrected chi connectivity index (χ4v) is 3.37. The SMILES string of the molecule is CCN(CC)CC(C)NS(=O)(=O)c1cc(N)cc(F)c1F. The van der Waals surface area contributed by atoms with Crippen molar-refractivity contribution in [2.24, 2.45) is 0 Å². The van der Waals surface area contributed by atoms with Crippen molar-refractivity contribution < 1.29 is 17.2 Å². The van der Waals surface area contributed by atoms with Crippen molar-refractivity contribution in [3.63, 3.8) is 0 Å². The van der Waals surface area contributed by atoms with E-state index in [0.717, 1.165) is 25.2 Å². The molecule has 1 atom stereocenters. The molecule has 0 saturated carbocycles. The molecule has 5 nitrogen and oxygen atoms in total. The zero-order valence-corrected chi connectivity index (χ0v) is 13.2. The van der Waals surface area contributed by atoms with Crippen molar-refractivity contribution >= 4 is 15.7 Å². The molecule has 0 spiro atoms. The molecule has 21 heavy (non-hydrogen) atoms. The fourth-order valence-electron chi connectivity index (χ4n) is 2.01. The number of hydrogen-bond acceptors (Lipinski definition) is 4. The number of nitrogens with one attached hydrogen (secondary N) is 1. The Morgan fingerprint density at radius 2 is 1.86 bits per heavy atom. The average Bonchev–Trinajstić information content (AvgIpc) is 2.39. The molecule has 0 aliphatic rings. The van der Waals surface area contributed by atoms with Crippen molar-refractivity contribution in [3.8, 4) is 0 Å². The van der Waals surface area contributed by atoms with Gasteiger partial charge in [0.2, 0.25) is 10.0 Å². The van der Waals surface area contributed by atoms with E-state index in [0.29, 0.717) is 6.54 Å². The second-order valence-electron chi connectivity index (χ2n) is 4.82. The van der Waals surface area contributed by atoms with E-state index in [2.05, 4.69) is 4.72 Å². The second-order valence-corrected chi connectivity index (χ2v) is 6.51. The number of anilines is 1. The summed E-state index contributed by atoms with van der Waals surface area (Å²) in [5, 5.41) is 0. The number of nitrogen functional groups attached to an aromatic ring is 1. The summed E-state index contributed by atoms with van der Waals surface area (Å²) in [6.07, 6.45) is 0. The van der Waals surface area contributed by atoms with Gasteiger partial charge in [-0.2, -0.15) is 0 Å². The third-order valence-electron chi connectivity index (χ3n) is 3.09. The fraction of sp³-hybridized carbons (Fsp3) is 0.538. The monoisotopic (exact) mass is 321 g/mol.